The van der Waals surface area contributed by atoms with E-state index in [4.69, 9.17) is 37.4 Å². The van der Waals surface area contributed by atoms with Crippen molar-refractivity contribution < 1.29 is 38.5 Å². The smallest absolute Gasteiger partial charge is 0.349 e. The van der Waals surface area contributed by atoms with Crippen molar-refractivity contribution in [2.45, 2.75) is 12.2 Å². The third-order valence-electron chi connectivity index (χ3n) is 4.77. The van der Waals surface area contributed by atoms with Gasteiger partial charge in [-0.15, -0.1) is 0 Å². The number of para-hydroxylation sites is 2. The van der Waals surface area contributed by atoms with Crippen molar-refractivity contribution in [2.75, 3.05) is 12.4 Å². The maximum atomic E-state index is 13.2. The van der Waals surface area contributed by atoms with Crippen LogP contribution >= 0.6 is 23.2 Å². The summed E-state index contributed by atoms with van der Waals surface area (Å²) in [5.41, 5.74) is 0.131. The van der Waals surface area contributed by atoms with Crippen molar-refractivity contribution in [1.29, 1.82) is 0 Å². The van der Waals surface area contributed by atoms with Gasteiger partial charge in [0.1, 0.15) is 5.75 Å². The molecule has 186 valence electrons. The number of carbonyl (C=O) groups is 4. The van der Waals surface area contributed by atoms with E-state index in [0.29, 0.717) is 10.0 Å². The summed E-state index contributed by atoms with van der Waals surface area (Å²) in [5.74, 6) is -4.64. The van der Waals surface area contributed by atoms with Crippen LogP contribution in [-0.4, -0.2) is 48.2 Å². The number of hydrogen-bond donors (Lipinski definition) is 2. The standard InChI is InChI=1S/C25H19Cl2NO8/c1-34-19-5-3-2-4-18(19)28-22(29)20(35-24(32)14-6-10-16(26)11-7-14)21(23(30)31)36-25(33)15-8-12-17(27)13-9-15/h2-13,20-21H,1H3,(H,28,29)(H,30,31)/t20-,21-/m0/s1. The van der Waals surface area contributed by atoms with Crippen LogP contribution in [0.1, 0.15) is 20.7 Å². The highest BCUT2D eigenvalue weighted by Gasteiger charge is 2.41. The number of aliphatic carboxylic acids is 1. The predicted molar refractivity (Wildman–Crippen MR) is 131 cm³/mol. The summed E-state index contributed by atoms with van der Waals surface area (Å²) in [5, 5.41) is 12.9. The van der Waals surface area contributed by atoms with E-state index in [2.05, 4.69) is 5.32 Å². The number of rotatable bonds is 9. The summed E-state index contributed by atoms with van der Waals surface area (Å²) < 4.78 is 15.5. The van der Waals surface area contributed by atoms with E-state index >= 15 is 0 Å². The van der Waals surface area contributed by atoms with E-state index in [1.165, 1.54) is 61.7 Å². The van der Waals surface area contributed by atoms with Gasteiger partial charge in [-0.1, -0.05) is 35.3 Å². The highest BCUT2D eigenvalue weighted by atomic mass is 35.5. The Labute approximate surface area is 215 Å². The van der Waals surface area contributed by atoms with Gasteiger partial charge < -0.3 is 24.6 Å². The summed E-state index contributed by atoms with van der Waals surface area (Å²) in [4.78, 5) is 50.6. The maximum Gasteiger partial charge on any atom is 0.349 e. The molecule has 2 N–H and O–H groups in total. The number of carboxylic acid groups (broad SMARTS) is 1. The number of halogens is 2. The van der Waals surface area contributed by atoms with E-state index in [1.807, 2.05) is 0 Å². The quantitative estimate of drug-likeness (QED) is 0.387. The summed E-state index contributed by atoms with van der Waals surface area (Å²) in [6.45, 7) is 0. The van der Waals surface area contributed by atoms with Crippen LogP contribution in [0.15, 0.2) is 72.8 Å². The SMILES string of the molecule is COc1ccccc1NC(=O)[C@@H](OC(=O)c1ccc(Cl)cc1)[C@H](OC(=O)c1ccc(Cl)cc1)C(=O)O. The molecular weight excluding hydrogens is 513 g/mol. The molecule has 0 aliphatic heterocycles. The molecule has 0 saturated carbocycles. The number of amides is 1. The molecule has 36 heavy (non-hydrogen) atoms. The predicted octanol–water partition coefficient (Wildman–Crippen LogP) is 4.48. The van der Waals surface area contributed by atoms with E-state index < -0.39 is 36.0 Å². The van der Waals surface area contributed by atoms with Crippen molar-refractivity contribution in [3.63, 3.8) is 0 Å². The maximum absolute atomic E-state index is 13.2. The Morgan fingerprint density at radius 1 is 0.750 bits per heavy atom. The number of carboxylic acids is 1. The number of benzene rings is 3. The monoisotopic (exact) mass is 531 g/mol. The van der Waals surface area contributed by atoms with Crippen LogP contribution in [0.25, 0.3) is 0 Å². The fraction of sp³-hybridized carbons (Fsp3) is 0.120. The number of nitrogens with one attached hydrogen (secondary N) is 1. The van der Waals surface area contributed by atoms with Crippen molar-refractivity contribution >= 4 is 52.7 Å². The Balaban J connectivity index is 1.93. The molecule has 0 fully saturated rings. The number of carbonyl (C=O) groups excluding carboxylic acids is 3. The Morgan fingerprint density at radius 3 is 1.69 bits per heavy atom. The highest BCUT2D eigenvalue weighted by molar-refractivity contribution is 6.31. The number of hydrogen-bond acceptors (Lipinski definition) is 7. The minimum absolute atomic E-state index is 0.0114. The molecule has 1 amide bonds. The largest absolute Gasteiger partial charge is 0.495 e. The number of methoxy groups -OCH3 is 1. The first-order valence-electron chi connectivity index (χ1n) is 10.3. The molecule has 3 rings (SSSR count). The van der Waals surface area contributed by atoms with Gasteiger partial charge >= 0.3 is 17.9 Å². The molecule has 11 heteroatoms. The third kappa shape index (κ3) is 6.74. The second-order valence-corrected chi connectivity index (χ2v) is 8.07. The van der Waals surface area contributed by atoms with Gasteiger partial charge in [0.15, 0.2) is 0 Å². The van der Waals surface area contributed by atoms with Crippen LogP contribution in [0.2, 0.25) is 10.0 Å². The van der Waals surface area contributed by atoms with E-state index in [0.717, 1.165) is 0 Å². The molecule has 3 aromatic rings. The lowest BCUT2D eigenvalue weighted by Gasteiger charge is -2.24. The first-order chi connectivity index (χ1) is 17.2. The Morgan fingerprint density at radius 2 is 1.22 bits per heavy atom. The van der Waals surface area contributed by atoms with Crippen molar-refractivity contribution in [3.8, 4) is 5.75 Å². The van der Waals surface area contributed by atoms with E-state index in [9.17, 15) is 24.3 Å². The topological polar surface area (TPSA) is 128 Å². The van der Waals surface area contributed by atoms with Gasteiger partial charge in [0.25, 0.3) is 5.91 Å². The van der Waals surface area contributed by atoms with Gasteiger partial charge in [-0.3, -0.25) is 4.79 Å². The minimum atomic E-state index is -2.20. The summed E-state index contributed by atoms with van der Waals surface area (Å²) in [7, 11) is 1.37. The summed E-state index contributed by atoms with van der Waals surface area (Å²) in [6, 6.07) is 17.2. The number of anilines is 1. The van der Waals surface area contributed by atoms with E-state index in [-0.39, 0.29) is 22.6 Å². The molecule has 0 aliphatic rings. The third-order valence-corrected chi connectivity index (χ3v) is 5.27. The Bertz CT molecular complexity index is 1260. The molecular formula is C25H19Cl2NO8. The molecule has 0 saturated heterocycles. The minimum Gasteiger partial charge on any atom is -0.495 e. The lowest BCUT2D eigenvalue weighted by Crippen LogP contribution is -2.48. The van der Waals surface area contributed by atoms with Gasteiger partial charge in [-0.05, 0) is 60.7 Å². The molecule has 9 nitrogen and oxygen atoms in total. The molecule has 0 spiro atoms. The zero-order valence-corrected chi connectivity index (χ0v) is 20.2. The Kier molecular flexibility index (Phi) is 8.88. The molecule has 2 atom stereocenters. The van der Waals surface area contributed by atoms with Gasteiger partial charge in [0.05, 0.1) is 23.9 Å². The second-order valence-electron chi connectivity index (χ2n) is 7.19. The van der Waals surface area contributed by atoms with Crippen LogP contribution in [0.5, 0.6) is 5.75 Å². The van der Waals surface area contributed by atoms with Gasteiger partial charge in [-0.25, -0.2) is 14.4 Å². The molecule has 0 aliphatic carbocycles. The summed E-state index contributed by atoms with van der Waals surface area (Å²) >= 11 is 11.7. The lowest BCUT2D eigenvalue weighted by molar-refractivity contribution is -0.157. The Hall–Kier alpha value is -4.08. The molecule has 0 radical (unpaired) electrons. The van der Waals surface area contributed by atoms with Crippen LogP contribution in [0.3, 0.4) is 0 Å². The zero-order valence-electron chi connectivity index (χ0n) is 18.6. The molecule has 0 aromatic heterocycles. The fourth-order valence-corrected chi connectivity index (χ4v) is 3.24. The highest BCUT2D eigenvalue weighted by Crippen LogP contribution is 2.24. The number of ether oxygens (including phenoxy) is 3. The fourth-order valence-electron chi connectivity index (χ4n) is 2.98. The first-order valence-corrected chi connectivity index (χ1v) is 11.0. The molecule has 0 heterocycles. The zero-order chi connectivity index (χ0) is 26.2. The van der Waals surface area contributed by atoms with Crippen molar-refractivity contribution in [2.24, 2.45) is 0 Å². The first kappa shape index (κ1) is 26.5. The van der Waals surface area contributed by atoms with Gasteiger partial charge in [0, 0.05) is 10.0 Å². The normalized spacial score (nSPS) is 12.1. The average Bonchev–Trinajstić information content (AvgIpc) is 2.86. The molecule has 0 unspecified atom stereocenters. The second kappa shape index (κ2) is 12.1. The van der Waals surface area contributed by atoms with Crippen molar-refractivity contribution in [3.05, 3.63) is 94.0 Å². The van der Waals surface area contributed by atoms with Gasteiger partial charge in [-0.2, -0.15) is 0 Å². The lowest BCUT2D eigenvalue weighted by atomic mass is 10.1. The number of esters is 2. The van der Waals surface area contributed by atoms with Gasteiger partial charge in [0.2, 0.25) is 12.2 Å². The molecule has 0 bridgehead atoms. The summed E-state index contributed by atoms with van der Waals surface area (Å²) in [6.07, 6.45) is -4.27. The molecule has 3 aromatic carbocycles. The van der Waals surface area contributed by atoms with Crippen molar-refractivity contribution in [1.82, 2.24) is 0 Å². The van der Waals surface area contributed by atoms with Crippen LogP contribution in [-0.2, 0) is 19.1 Å². The van der Waals surface area contributed by atoms with Crippen LogP contribution < -0.4 is 10.1 Å². The van der Waals surface area contributed by atoms with E-state index in [1.54, 1.807) is 18.2 Å². The van der Waals surface area contributed by atoms with Crippen LogP contribution in [0, 0.1) is 0 Å². The average molecular weight is 532 g/mol. The van der Waals surface area contributed by atoms with Crippen LogP contribution in [0.4, 0.5) is 5.69 Å².